The number of sulfonamides is 1. The Labute approximate surface area is 200 Å². The summed E-state index contributed by atoms with van der Waals surface area (Å²) in [4.78, 5) is 26.8. The predicted octanol–water partition coefficient (Wildman–Crippen LogP) is 2.58. The molecule has 0 aromatic heterocycles. The molecule has 0 spiro atoms. The molecule has 2 aromatic rings. The maximum atomic E-state index is 13.1. The van der Waals surface area contributed by atoms with Gasteiger partial charge < -0.3 is 20.3 Å². The number of ether oxygens (including phenoxy) is 1. The van der Waals surface area contributed by atoms with Crippen LogP contribution in [0.25, 0.3) is 0 Å². The van der Waals surface area contributed by atoms with Gasteiger partial charge >= 0.3 is 0 Å². The third kappa shape index (κ3) is 5.24. The van der Waals surface area contributed by atoms with Gasteiger partial charge in [-0.1, -0.05) is 12.1 Å². The Hall–Kier alpha value is -2.95. The molecule has 34 heavy (non-hydrogen) atoms. The number of anilines is 3. The minimum atomic E-state index is -3.68. The summed E-state index contributed by atoms with van der Waals surface area (Å²) in [5, 5.41) is 5.97. The third-order valence-electron chi connectivity index (χ3n) is 6.05. The molecule has 9 nitrogen and oxygen atoms in total. The van der Waals surface area contributed by atoms with Crippen LogP contribution >= 0.6 is 0 Å². The van der Waals surface area contributed by atoms with E-state index in [1.54, 1.807) is 30.9 Å². The molecule has 0 radical (unpaired) electrons. The Morgan fingerprint density at radius 3 is 2.53 bits per heavy atom. The fourth-order valence-corrected chi connectivity index (χ4v) is 5.79. The summed E-state index contributed by atoms with van der Waals surface area (Å²) in [6.07, 6.45) is 1.39. The molecule has 10 heteroatoms. The Balaban J connectivity index is 1.44. The van der Waals surface area contributed by atoms with Crippen LogP contribution < -0.4 is 15.5 Å². The number of amides is 2. The largest absolute Gasteiger partial charge is 0.379 e. The SMILES string of the molecule is Cc1ccc(NC(=O)C(C)Nc2cccc(N3CCCC3=O)c2)cc1S(=O)(=O)N1CCOCC1. The van der Waals surface area contributed by atoms with Crippen LogP contribution in [0.15, 0.2) is 47.4 Å². The number of carbonyl (C=O) groups excluding carboxylic acids is 2. The van der Waals surface area contributed by atoms with Crippen molar-refractivity contribution in [3.8, 4) is 0 Å². The van der Waals surface area contributed by atoms with E-state index in [-0.39, 0.29) is 16.7 Å². The maximum Gasteiger partial charge on any atom is 0.246 e. The maximum absolute atomic E-state index is 13.1. The number of carbonyl (C=O) groups is 2. The molecule has 2 aliphatic rings. The highest BCUT2D eigenvalue weighted by atomic mass is 32.2. The minimum absolute atomic E-state index is 0.102. The van der Waals surface area contributed by atoms with Crippen molar-refractivity contribution in [2.45, 2.75) is 37.6 Å². The second kappa shape index (κ2) is 10.1. The van der Waals surface area contributed by atoms with E-state index in [2.05, 4.69) is 10.6 Å². The smallest absolute Gasteiger partial charge is 0.246 e. The topological polar surface area (TPSA) is 108 Å². The van der Waals surface area contributed by atoms with Crippen LogP contribution in [0.1, 0.15) is 25.3 Å². The van der Waals surface area contributed by atoms with E-state index in [1.807, 2.05) is 24.3 Å². The van der Waals surface area contributed by atoms with Crippen LogP contribution in [0, 0.1) is 6.92 Å². The number of morpholine rings is 1. The van der Waals surface area contributed by atoms with Gasteiger partial charge in [0, 0.05) is 43.1 Å². The molecule has 2 amide bonds. The van der Waals surface area contributed by atoms with Gasteiger partial charge in [0.15, 0.2) is 0 Å². The summed E-state index contributed by atoms with van der Waals surface area (Å²) in [6.45, 7) is 5.50. The van der Waals surface area contributed by atoms with E-state index in [9.17, 15) is 18.0 Å². The molecule has 2 heterocycles. The zero-order valence-corrected chi connectivity index (χ0v) is 20.2. The number of rotatable bonds is 7. The van der Waals surface area contributed by atoms with Crippen molar-refractivity contribution in [2.24, 2.45) is 0 Å². The predicted molar refractivity (Wildman–Crippen MR) is 131 cm³/mol. The van der Waals surface area contributed by atoms with Crippen molar-refractivity contribution in [1.82, 2.24) is 4.31 Å². The highest BCUT2D eigenvalue weighted by Crippen LogP contribution is 2.26. The van der Waals surface area contributed by atoms with Gasteiger partial charge in [0.2, 0.25) is 21.8 Å². The van der Waals surface area contributed by atoms with Crippen molar-refractivity contribution in [3.63, 3.8) is 0 Å². The fourth-order valence-electron chi connectivity index (χ4n) is 4.13. The molecule has 0 saturated carbocycles. The highest BCUT2D eigenvalue weighted by molar-refractivity contribution is 7.89. The van der Waals surface area contributed by atoms with Crippen LogP contribution in [0.5, 0.6) is 0 Å². The molecular formula is C24H30N4O5S. The van der Waals surface area contributed by atoms with E-state index in [4.69, 9.17) is 4.74 Å². The second-order valence-corrected chi connectivity index (χ2v) is 10.5. The van der Waals surface area contributed by atoms with Gasteiger partial charge in [0.25, 0.3) is 0 Å². The van der Waals surface area contributed by atoms with E-state index in [0.29, 0.717) is 50.5 Å². The van der Waals surface area contributed by atoms with E-state index in [1.165, 1.54) is 10.4 Å². The second-order valence-electron chi connectivity index (χ2n) is 8.55. The van der Waals surface area contributed by atoms with E-state index >= 15 is 0 Å². The molecule has 182 valence electrons. The Bertz CT molecular complexity index is 1180. The van der Waals surface area contributed by atoms with E-state index < -0.39 is 16.1 Å². The van der Waals surface area contributed by atoms with Crippen molar-refractivity contribution in [2.75, 3.05) is 48.4 Å². The van der Waals surface area contributed by atoms with Crippen molar-refractivity contribution in [1.29, 1.82) is 0 Å². The molecule has 2 N–H and O–H groups in total. The fraction of sp³-hybridized carbons (Fsp3) is 0.417. The number of nitrogens with zero attached hydrogens (tertiary/aromatic N) is 2. The molecular weight excluding hydrogens is 456 g/mol. The van der Waals surface area contributed by atoms with Crippen molar-refractivity contribution < 1.29 is 22.7 Å². The Morgan fingerprint density at radius 2 is 1.82 bits per heavy atom. The number of aryl methyl sites for hydroxylation is 1. The monoisotopic (exact) mass is 486 g/mol. The van der Waals surface area contributed by atoms with Crippen LogP contribution in [-0.2, 0) is 24.3 Å². The van der Waals surface area contributed by atoms with Gasteiger partial charge in [0.1, 0.15) is 6.04 Å². The standard InChI is InChI=1S/C24H30N4O5S/c1-17-8-9-20(16-22(17)34(31,32)27-11-13-33-14-12-27)26-24(30)18(2)25-19-5-3-6-21(15-19)28-10-4-7-23(28)29/h3,5-6,8-9,15-16,18,25H,4,7,10-14H2,1-2H3,(H,26,30). The van der Waals surface area contributed by atoms with Gasteiger partial charge in [-0.25, -0.2) is 8.42 Å². The zero-order chi connectivity index (χ0) is 24.3. The lowest BCUT2D eigenvalue weighted by Gasteiger charge is -2.27. The quantitative estimate of drug-likeness (QED) is 0.623. The summed E-state index contributed by atoms with van der Waals surface area (Å²) in [7, 11) is -3.68. The molecule has 4 rings (SSSR count). The van der Waals surface area contributed by atoms with Gasteiger partial charge in [-0.2, -0.15) is 4.31 Å². The van der Waals surface area contributed by atoms with Crippen molar-refractivity contribution >= 4 is 38.9 Å². The lowest BCUT2D eigenvalue weighted by Crippen LogP contribution is -2.40. The zero-order valence-electron chi connectivity index (χ0n) is 19.4. The molecule has 0 aliphatic carbocycles. The first-order valence-electron chi connectivity index (χ1n) is 11.4. The molecule has 2 aliphatic heterocycles. The lowest BCUT2D eigenvalue weighted by molar-refractivity contribution is -0.117. The Morgan fingerprint density at radius 1 is 1.06 bits per heavy atom. The van der Waals surface area contributed by atoms with Gasteiger partial charge in [-0.3, -0.25) is 9.59 Å². The van der Waals surface area contributed by atoms with Gasteiger partial charge in [-0.15, -0.1) is 0 Å². The normalized spacial score (nSPS) is 18.1. The molecule has 2 saturated heterocycles. The van der Waals surface area contributed by atoms with E-state index in [0.717, 1.165) is 17.8 Å². The van der Waals surface area contributed by atoms with Gasteiger partial charge in [0.05, 0.1) is 18.1 Å². The number of hydrogen-bond donors (Lipinski definition) is 2. The van der Waals surface area contributed by atoms with Crippen LogP contribution in [-0.4, -0.2) is 63.4 Å². The minimum Gasteiger partial charge on any atom is -0.379 e. The number of hydrogen-bond acceptors (Lipinski definition) is 6. The molecule has 1 unspecified atom stereocenters. The molecule has 0 bridgehead atoms. The van der Waals surface area contributed by atoms with Gasteiger partial charge in [-0.05, 0) is 56.2 Å². The first-order chi connectivity index (χ1) is 16.3. The molecule has 2 aromatic carbocycles. The first-order valence-corrected chi connectivity index (χ1v) is 12.9. The third-order valence-corrected chi connectivity index (χ3v) is 8.09. The lowest BCUT2D eigenvalue weighted by atomic mass is 10.2. The summed E-state index contributed by atoms with van der Waals surface area (Å²) in [6, 6.07) is 11.7. The highest BCUT2D eigenvalue weighted by Gasteiger charge is 2.28. The number of benzene rings is 2. The summed E-state index contributed by atoms with van der Waals surface area (Å²) < 4.78 is 32.9. The molecule has 1 atom stereocenters. The summed E-state index contributed by atoms with van der Waals surface area (Å²) in [5.41, 5.74) is 2.55. The van der Waals surface area contributed by atoms with Crippen molar-refractivity contribution in [3.05, 3.63) is 48.0 Å². The number of nitrogens with one attached hydrogen (secondary N) is 2. The average molecular weight is 487 g/mol. The summed E-state index contributed by atoms with van der Waals surface area (Å²) >= 11 is 0. The van der Waals surface area contributed by atoms with Crippen LogP contribution in [0.4, 0.5) is 17.1 Å². The van der Waals surface area contributed by atoms with Crippen LogP contribution in [0.2, 0.25) is 0 Å². The average Bonchev–Trinajstić information content (AvgIpc) is 3.26. The van der Waals surface area contributed by atoms with Crippen LogP contribution in [0.3, 0.4) is 0 Å². The molecule has 2 fully saturated rings. The first kappa shape index (κ1) is 24.2. The Kier molecular flexibility index (Phi) is 7.20. The summed E-state index contributed by atoms with van der Waals surface area (Å²) in [5.74, 6) is -0.202.